The first-order valence-corrected chi connectivity index (χ1v) is 7.61. The average molecular weight is 343 g/mol. The molecular formula is C18H18FN3O3. The molecule has 130 valence electrons. The number of nitrogens with one attached hydrogen (secondary N) is 3. The van der Waals surface area contributed by atoms with Crippen LogP contribution in [0, 0.1) is 5.82 Å². The van der Waals surface area contributed by atoms with Crippen LogP contribution in [0.5, 0.6) is 0 Å². The molecule has 0 spiro atoms. The summed E-state index contributed by atoms with van der Waals surface area (Å²) in [4.78, 5) is 34.7. The molecular weight excluding hydrogens is 325 g/mol. The van der Waals surface area contributed by atoms with E-state index in [0.717, 1.165) is 0 Å². The van der Waals surface area contributed by atoms with Crippen LogP contribution in [-0.2, 0) is 20.8 Å². The Kier molecular flexibility index (Phi) is 6.22. The van der Waals surface area contributed by atoms with E-state index in [-0.39, 0.29) is 24.4 Å². The van der Waals surface area contributed by atoms with E-state index in [2.05, 4.69) is 16.0 Å². The van der Waals surface area contributed by atoms with Crippen LogP contribution in [0.15, 0.2) is 48.5 Å². The highest BCUT2D eigenvalue weighted by atomic mass is 19.1. The minimum absolute atomic E-state index is 0.141. The van der Waals surface area contributed by atoms with Crippen LogP contribution in [0.1, 0.15) is 12.5 Å². The summed E-state index contributed by atoms with van der Waals surface area (Å²) in [6, 6.07) is 12.6. The summed E-state index contributed by atoms with van der Waals surface area (Å²) in [6.45, 7) is 1.15. The van der Waals surface area contributed by atoms with Gasteiger partial charge in [-0.2, -0.15) is 0 Å². The Morgan fingerprint density at radius 3 is 2.28 bits per heavy atom. The Labute approximate surface area is 144 Å². The van der Waals surface area contributed by atoms with Gasteiger partial charge in [-0.05, 0) is 29.8 Å². The van der Waals surface area contributed by atoms with Gasteiger partial charge in [-0.1, -0.05) is 24.3 Å². The molecule has 0 aliphatic heterocycles. The zero-order valence-corrected chi connectivity index (χ0v) is 13.6. The molecule has 6 nitrogen and oxygen atoms in total. The van der Waals surface area contributed by atoms with Gasteiger partial charge in [0.25, 0.3) is 0 Å². The van der Waals surface area contributed by atoms with E-state index in [9.17, 15) is 18.8 Å². The van der Waals surface area contributed by atoms with Gasteiger partial charge < -0.3 is 16.0 Å². The number of carbonyl (C=O) groups is 3. The molecule has 0 aliphatic rings. The predicted molar refractivity (Wildman–Crippen MR) is 92.5 cm³/mol. The number of benzene rings is 2. The Balaban J connectivity index is 1.83. The Morgan fingerprint density at radius 1 is 0.920 bits per heavy atom. The van der Waals surface area contributed by atoms with Crippen molar-refractivity contribution in [2.75, 3.05) is 17.2 Å². The normalized spacial score (nSPS) is 10.0. The highest BCUT2D eigenvalue weighted by molar-refractivity contribution is 5.96. The predicted octanol–water partition coefficient (Wildman–Crippen LogP) is 2.08. The highest BCUT2D eigenvalue weighted by Gasteiger charge is 2.09. The average Bonchev–Trinajstić information content (AvgIpc) is 2.55. The molecule has 2 aromatic carbocycles. The Bertz CT molecular complexity index is 793. The number of rotatable bonds is 6. The molecule has 0 unspecified atom stereocenters. The van der Waals surface area contributed by atoms with Crippen molar-refractivity contribution in [1.29, 1.82) is 0 Å². The molecule has 7 heteroatoms. The second-order valence-electron chi connectivity index (χ2n) is 5.36. The lowest BCUT2D eigenvalue weighted by molar-refractivity contribution is -0.123. The number of anilines is 2. The van der Waals surface area contributed by atoms with E-state index < -0.39 is 17.6 Å². The van der Waals surface area contributed by atoms with Crippen molar-refractivity contribution in [3.63, 3.8) is 0 Å². The van der Waals surface area contributed by atoms with Crippen molar-refractivity contribution in [3.05, 3.63) is 59.9 Å². The molecule has 0 heterocycles. The van der Waals surface area contributed by atoms with Crippen LogP contribution in [0.2, 0.25) is 0 Å². The minimum Gasteiger partial charge on any atom is -0.347 e. The van der Waals surface area contributed by atoms with Crippen LogP contribution in [0.25, 0.3) is 0 Å². The third-order valence-electron chi connectivity index (χ3n) is 3.22. The fourth-order valence-corrected chi connectivity index (χ4v) is 2.14. The quantitative estimate of drug-likeness (QED) is 0.750. The van der Waals surface area contributed by atoms with Gasteiger partial charge in [-0.3, -0.25) is 14.4 Å². The van der Waals surface area contributed by atoms with E-state index in [1.807, 2.05) is 0 Å². The van der Waals surface area contributed by atoms with E-state index in [1.54, 1.807) is 36.4 Å². The number of carbonyl (C=O) groups excluding carboxylic acids is 3. The number of hydrogen-bond acceptors (Lipinski definition) is 3. The fraction of sp³-hybridized carbons (Fsp3) is 0.167. The summed E-state index contributed by atoms with van der Waals surface area (Å²) >= 11 is 0. The van der Waals surface area contributed by atoms with Crippen molar-refractivity contribution < 1.29 is 18.8 Å². The third-order valence-corrected chi connectivity index (χ3v) is 3.22. The van der Waals surface area contributed by atoms with Gasteiger partial charge in [-0.15, -0.1) is 0 Å². The Morgan fingerprint density at radius 2 is 1.60 bits per heavy atom. The lowest BCUT2D eigenvalue weighted by Gasteiger charge is -2.09. The largest absolute Gasteiger partial charge is 0.347 e. The van der Waals surface area contributed by atoms with Crippen LogP contribution >= 0.6 is 0 Å². The smallest absolute Gasteiger partial charge is 0.243 e. The molecule has 3 N–H and O–H groups in total. The third kappa shape index (κ3) is 6.06. The molecule has 0 radical (unpaired) electrons. The van der Waals surface area contributed by atoms with Crippen LogP contribution in [0.3, 0.4) is 0 Å². The molecule has 0 bridgehead atoms. The standard InChI is InChI=1S/C18H18FN3O3/c1-12(23)21-14-6-4-7-15(10-14)22-18(25)11-20-17(24)9-13-5-2-3-8-16(13)19/h2-8,10H,9,11H2,1H3,(H,20,24)(H,21,23)(H,22,25). The van der Waals surface area contributed by atoms with Gasteiger partial charge in [0.15, 0.2) is 0 Å². The van der Waals surface area contributed by atoms with Crippen LogP contribution in [-0.4, -0.2) is 24.3 Å². The second kappa shape index (κ2) is 8.58. The molecule has 0 fully saturated rings. The molecule has 25 heavy (non-hydrogen) atoms. The monoisotopic (exact) mass is 343 g/mol. The lowest BCUT2D eigenvalue weighted by atomic mass is 10.1. The topological polar surface area (TPSA) is 87.3 Å². The molecule has 3 amide bonds. The lowest BCUT2D eigenvalue weighted by Crippen LogP contribution is -2.33. The van der Waals surface area contributed by atoms with Crippen molar-refractivity contribution >= 4 is 29.1 Å². The summed E-state index contributed by atoms with van der Waals surface area (Å²) in [5.41, 5.74) is 1.30. The van der Waals surface area contributed by atoms with Crippen LogP contribution < -0.4 is 16.0 Å². The number of hydrogen-bond donors (Lipinski definition) is 3. The zero-order chi connectivity index (χ0) is 18.2. The van der Waals surface area contributed by atoms with Gasteiger partial charge in [0.2, 0.25) is 17.7 Å². The van der Waals surface area contributed by atoms with Gasteiger partial charge in [0, 0.05) is 18.3 Å². The molecule has 0 atom stereocenters. The molecule has 2 rings (SSSR count). The molecule has 0 saturated carbocycles. The van der Waals surface area contributed by atoms with Gasteiger partial charge in [-0.25, -0.2) is 4.39 Å². The zero-order valence-electron chi connectivity index (χ0n) is 13.6. The summed E-state index contributed by atoms with van der Waals surface area (Å²) in [5, 5.41) is 7.65. The van der Waals surface area contributed by atoms with Crippen molar-refractivity contribution in [2.45, 2.75) is 13.3 Å². The maximum atomic E-state index is 13.5. The SMILES string of the molecule is CC(=O)Nc1cccc(NC(=O)CNC(=O)Cc2ccccc2F)c1. The van der Waals surface area contributed by atoms with Gasteiger partial charge >= 0.3 is 0 Å². The first-order valence-electron chi connectivity index (χ1n) is 7.61. The van der Waals surface area contributed by atoms with Crippen LogP contribution in [0.4, 0.5) is 15.8 Å². The fourth-order valence-electron chi connectivity index (χ4n) is 2.14. The van der Waals surface area contributed by atoms with Gasteiger partial charge in [0.05, 0.1) is 13.0 Å². The number of amides is 3. The summed E-state index contributed by atoms with van der Waals surface area (Å²) in [6.07, 6.45) is -0.141. The maximum absolute atomic E-state index is 13.5. The molecule has 0 aromatic heterocycles. The second-order valence-corrected chi connectivity index (χ2v) is 5.36. The molecule has 0 aliphatic carbocycles. The van der Waals surface area contributed by atoms with Gasteiger partial charge in [0.1, 0.15) is 5.82 Å². The summed E-state index contributed by atoms with van der Waals surface area (Å²) in [5.74, 6) is -1.56. The van der Waals surface area contributed by atoms with Crippen molar-refractivity contribution in [2.24, 2.45) is 0 Å². The molecule has 2 aromatic rings. The van der Waals surface area contributed by atoms with Crippen molar-refractivity contribution in [3.8, 4) is 0 Å². The van der Waals surface area contributed by atoms with E-state index in [1.165, 1.54) is 19.1 Å². The molecule has 0 saturated heterocycles. The summed E-state index contributed by atoms with van der Waals surface area (Å²) < 4.78 is 13.5. The first-order chi connectivity index (χ1) is 11.9. The van der Waals surface area contributed by atoms with E-state index >= 15 is 0 Å². The van der Waals surface area contributed by atoms with Crippen molar-refractivity contribution in [1.82, 2.24) is 5.32 Å². The van der Waals surface area contributed by atoms with E-state index in [4.69, 9.17) is 0 Å². The first kappa shape index (κ1) is 18.1. The highest BCUT2D eigenvalue weighted by Crippen LogP contribution is 2.14. The minimum atomic E-state index is -0.461. The summed E-state index contributed by atoms with van der Waals surface area (Å²) in [7, 11) is 0. The number of halogens is 1. The Hall–Kier alpha value is -3.22. The van der Waals surface area contributed by atoms with E-state index in [0.29, 0.717) is 11.4 Å². The maximum Gasteiger partial charge on any atom is 0.243 e.